The molecule has 7 nitrogen and oxygen atoms in total. The van der Waals surface area contributed by atoms with E-state index in [9.17, 15) is 33.4 Å². The zero-order valence-corrected chi connectivity index (χ0v) is 21.9. The minimum absolute atomic E-state index is 0.0952. The number of aliphatic hydroxyl groups is 1. The Kier molecular flexibility index (Phi) is 9.95. The van der Waals surface area contributed by atoms with E-state index >= 15 is 8.78 Å². The lowest BCUT2D eigenvalue weighted by Crippen LogP contribution is -2.45. The van der Waals surface area contributed by atoms with Crippen molar-refractivity contribution in [3.05, 3.63) is 69.2 Å². The maximum absolute atomic E-state index is 15.2. The SMILES string of the molecule is CC(C)(CO)C[C@@H]1N[C@@H](C(=O)O)[C@H](c2cccc(Cl)c2F)[C@@]1(C#N)c1ccc(Cl)cc1F.O=C(O)C(F)(F)F. The maximum atomic E-state index is 15.2. The number of hydrogen-bond donors (Lipinski definition) is 4. The van der Waals surface area contributed by atoms with Gasteiger partial charge < -0.3 is 15.3 Å². The molecule has 212 valence electrons. The number of carbonyl (C=O) groups is 2. The van der Waals surface area contributed by atoms with Crippen LogP contribution in [0.25, 0.3) is 0 Å². The number of hydrogen-bond acceptors (Lipinski definition) is 5. The highest BCUT2D eigenvalue weighted by Crippen LogP contribution is 2.52. The number of nitrogens with one attached hydrogen (secondary N) is 1. The van der Waals surface area contributed by atoms with E-state index in [0.29, 0.717) is 0 Å². The van der Waals surface area contributed by atoms with Gasteiger partial charge in [0.15, 0.2) is 0 Å². The zero-order chi connectivity index (χ0) is 29.9. The second-order valence-corrected chi connectivity index (χ2v) is 10.4. The number of alkyl halides is 3. The summed E-state index contributed by atoms with van der Waals surface area (Å²) in [5, 5.41) is 40.2. The van der Waals surface area contributed by atoms with Crippen LogP contribution < -0.4 is 5.32 Å². The lowest BCUT2D eigenvalue weighted by Gasteiger charge is -2.37. The van der Waals surface area contributed by atoms with Gasteiger partial charge in [-0.05, 0) is 35.6 Å². The van der Waals surface area contributed by atoms with Crippen LogP contribution in [0.1, 0.15) is 37.3 Å². The van der Waals surface area contributed by atoms with E-state index in [1.807, 2.05) is 0 Å². The summed E-state index contributed by atoms with van der Waals surface area (Å²) in [6.07, 6.45) is -4.97. The van der Waals surface area contributed by atoms with Gasteiger partial charge in [-0.25, -0.2) is 13.6 Å². The van der Waals surface area contributed by atoms with Gasteiger partial charge in [0.2, 0.25) is 0 Å². The van der Waals surface area contributed by atoms with E-state index in [2.05, 4.69) is 11.4 Å². The quantitative estimate of drug-likeness (QED) is 0.333. The number of aliphatic hydroxyl groups excluding tert-OH is 1. The van der Waals surface area contributed by atoms with Crippen LogP contribution in [0.2, 0.25) is 10.0 Å². The van der Waals surface area contributed by atoms with E-state index in [1.54, 1.807) is 13.8 Å². The van der Waals surface area contributed by atoms with Crippen molar-refractivity contribution >= 4 is 35.1 Å². The number of aliphatic carboxylic acids is 2. The van der Waals surface area contributed by atoms with Crippen LogP contribution in [-0.2, 0) is 15.0 Å². The van der Waals surface area contributed by atoms with Crippen molar-refractivity contribution in [1.29, 1.82) is 5.26 Å². The fourth-order valence-corrected chi connectivity index (χ4v) is 4.89. The highest BCUT2D eigenvalue weighted by atomic mass is 35.5. The molecule has 0 saturated carbocycles. The summed E-state index contributed by atoms with van der Waals surface area (Å²) < 4.78 is 62.1. The van der Waals surface area contributed by atoms with Crippen LogP contribution in [0.5, 0.6) is 0 Å². The van der Waals surface area contributed by atoms with Crippen molar-refractivity contribution in [2.24, 2.45) is 5.41 Å². The second-order valence-electron chi connectivity index (χ2n) is 9.59. The van der Waals surface area contributed by atoms with Crippen LogP contribution in [-0.4, -0.2) is 52.1 Å². The fraction of sp³-hybridized carbons (Fsp3) is 0.400. The zero-order valence-electron chi connectivity index (χ0n) is 20.4. The summed E-state index contributed by atoms with van der Waals surface area (Å²) in [5.41, 5.74) is -2.80. The average molecular weight is 597 g/mol. The molecule has 0 amide bonds. The number of benzene rings is 2. The smallest absolute Gasteiger partial charge is 0.480 e. The molecule has 0 unspecified atom stereocenters. The summed E-state index contributed by atoms with van der Waals surface area (Å²) in [6, 6.07) is 7.63. The van der Waals surface area contributed by atoms with Gasteiger partial charge in [-0.2, -0.15) is 18.4 Å². The van der Waals surface area contributed by atoms with Crippen molar-refractivity contribution < 1.29 is 46.9 Å². The molecule has 39 heavy (non-hydrogen) atoms. The van der Waals surface area contributed by atoms with Gasteiger partial charge in [0.05, 0.1) is 11.1 Å². The number of nitriles is 1. The Hall–Kier alpha value is -2.98. The molecule has 1 aliphatic rings. The second kappa shape index (κ2) is 12.0. The molecule has 14 heteroatoms. The molecule has 0 radical (unpaired) electrons. The Bertz CT molecular complexity index is 1280. The normalized spacial score (nSPS) is 22.9. The van der Waals surface area contributed by atoms with E-state index in [0.717, 1.165) is 6.07 Å². The predicted molar refractivity (Wildman–Crippen MR) is 130 cm³/mol. The van der Waals surface area contributed by atoms with Gasteiger partial charge in [0.1, 0.15) is 23.1 Å². The van der Waals surface area contributed by atoms with E-state index < -0.39 is 58.6 Å². The van der Waals surface area contributed by atoms with E-state index in [1.165, 1.54) is 30.3 Å². The Morgan fingerprint density at radius 2 is 1.72 bits per heavy atom. The number of halogens is 7. The summed E-state index contributed by atoms with van der Waals surface area (Å²) in [7, 11) is 0. The molecule has 2 aromatic rings. The first kappa shape index (κ1) is 32.2. The molecular formula is C25H23Cl2F5N2O5. The highest BCUT2D eigenvalue weighted by Gasteiger charge is 2.61. The molecule has 1 heterocycles. The first-order chi connectivity index (χ1) is 17.9. The molecule has 0 aliphatic carbocycles. The number of carboxylic acid groups (broad SMARTS) is 2. The van der Waals surface area contributed by atoms with Gasteiger partial charge in [0, 0.05) is 29.2 Å². The Morgan fingerprint density at radius 1 is 1.13 bits per heavy atom. The molecular weight excluding hydrogens is 574 g/mol. The monoisotopic (exact) mass is 596 g/mol. The molecule has 3 rings (SSSR count). The molecule has 1 saturated heterocycles. The number of rotatable bonds is 6. The Labute approximate surface area is 229 Å². The predicted octanol–water partition coefficient (Wildman–Crippen LogP) is 5.28. The third kappa shape index (κ3) is 6.78. The van der Waals surface area contributed by atoms with E-state index in [4.69, 9.17) is 33.1 Å². The lowest BCUT2D eigenvalue weighted by molar-refractivity contribution is -0.192. The van der Waals surface area contributed by atoms with Crippen LogP contribution in [0.15, 0.2) is 36.4 Å². The molecule has 4 atom stereocenters. The molecule has 1 fully saturated rings. The van der Waals surface area contributed by atoms with Gasteiger partial charge in [-0.1, -0.05) is 55.2 Å². The summed E-state index contributed by atoms with van der Waals surface area (Å²) in [4.78, 5) is 21.1. The van der Waals surface area contributed by atoms with Crippen molar-refractivity contribution in [2.75, 3.05) is 6.61 Å². The van der Waals surface area contributed by atoms with Crippen LogP contribution >= 0.6 is 23.2 Å². The van der Waals surface area contributed by atoms with Gasteiger partial charge in [-0.3, -0.25) is 10.1 Å². The van der Waals surface area contributed by atoms with E-state index in [-0.39, 0.29) is 34.2 Å². The first-order valence-corrected chi connectivity index (χ1v) is 11.9. The molecule has 2 aromatic carbocycles. The highest BCUT2D eigenvalue weighted by molar-refractivity contribution is 6.31. The Morgan fingerprint density at radius 3 is 2.18 bits per heavy atom. The van der Waals surface area contributed by atoms with Crippen molar-refractivity contribution in [1.82, 2.24) is 5.32 Å². The number of carboxylic acids is 2. The molecule has 0 spiro atoms. The Balaban J connectivity index is 0.000000673. The lowest BCUT2D eigenvalue weighted by atomic mass is 9.62. The molecule has 0 aromatic heterocycles. The van der Waals surface area contributed by atoms with Crippen molar-refractivity contribution in [3.63, 3.8) is 0 Å². The maximum Gasteiger partial charge on any atom is 0.490 e. The topological polar surface area (TPSA) is 131 Å². The minimum Gasteiger partial charge on any atom is -0.480 e. The molecule has 0 bridgehead atoms. The summed E-state index contributed by atoms with van der Waals surface area (Å²) in [5.74, 6) is -7.09. The third-order valence-corrected chi connectivity index (χ3v) is 6.85. The fourth-order valence-electron chi connectivity index (χ4n) is 4.55. The van der Waals surface area contributed by atoms with Crippen LogP contribution in [0, 0.1) is 28.4 Å². The summed E-state index contributed by atoms with van der Waals surface area (Å²) >= 11 is 11.9. The first-order valence-electron chi connectivity index (χ1n) is 11.1. The standard InChI is InChI=1S/C23H22Cl2F2N2O3.C2HF3O2/c1-22(2,11-30)9-17-23(10-28,14-7-6-12(24)8-16(14)26)18(20(29-17)21(31)32)13-4-3-5-15(25)19(13)27;3-2(4,5)1(6)7/h3-8,17-18,20,29-30H,9,11H2,1-2H3,(H,31,32);(H,6,7)/t17-,18-,20+,23-;/m0./s1. The van der Waals surface area contributed by atoms with Crippen molar-refractivity contribution in [3.8, 4) is 6.07 Å². The number of nitrogens with zero attached hydrogens (tertiary/aromatic N) is 1. The molecule has 1 aliphatic heterocycles. The summed E-state index contributed by atoms with van der Waals surface area (Å²) in [6.45, 7) is 3.21. The largest absolute Gasteiger partial charge is 0.490 e. The minimum atomic E-state index is -5.08. The average Bonchev–Trinajstić information content (AvgIpc) is 3.14. The van der Waals surface area contributed by atoms with Gasteiger partial charge in [0.25, 0.3) is 0 Å². The van der Waals surface area contributed by atoms with Gasteiger partial charge >= 0.3 is 18.1 Å². The van der Waals surface area contributed by atoms with Crippen LogP contribution in [0.3, 0.4) is 0 Å². The van der Waals surface area contributed by atoms with Gasteiger partial charge in [-0.15, -0.1) is 0 Å². The third-order valence-electron chi connectivity index (χ3n) is 6.33. The molecule has 4 N–H and O–H groups in total. The van der Waals surface area contributed by atoms with Crippen molar-refractivity contribution in [2.45, 2.75) is 49.9 Å². The van der Waals surface area contributed by atoms with Crippen LogP contribution in [0.4, 0.5) is 22.0 Å².